The second-order valence-electron chi connectivity index (χ2n) is 7.11. The molecule has 1 amide bonds. The summed E-state index contributed by atoms with van der Waals surface area (Å²) in [5.74, 6) is 0.829. The highest BCUT2D eigenvalue weighted by Crippen LogP contribution is 2.14. The molecule has 1 aromatic carbocycles. The van der Waals surface area contributed by atoms with Gasteiger partial charge in [-0.05, 0) is 25.3 Å². The number of carbonyl (C=O) groups excluding carboxylic acids is 1. The second kappa shape index (κ2) is 10.6. The molecule has 0 saturated carbocycles. The van der Waals surface area contributed by atoms with Gasteiger partial charge in [0, 0.05) is 51.9 Å². The van der Waals surface area contributed by atoms with E-state index in [1.165, 1.54) is 6.07 Å². The summed E-state index contributed by atoms with van der Waals surface area (Å²) in [6.45, 7) is 5.29. The molecule has 9 heteroatoms. The lowest BCUT2D eigenvalue weighted by molar-refractivity contribution is -0.384. The normalized spacial score (nSPS) is 15.9. The minimum atomic E-state index is -0.397. The number of nitro benzene ring substituents is 1. The van der Waals surface area contributed by atoms with Crippen molar-refractivity contribution in [1.29, 1.82) is 0 Å². The number of guanidine groups is 1. The summed E-state index contributed by atoms with van der Waals surface area (Å²) in [7, 11) is 3.55. The van der Waals surface area contributed by atoms with Crippen molar-refractivity contribution in [3.8, 4) is 0 Å². The van der Waals surface area contributed by atoms with Crippen LogP contribution >= 0.6 is 0 Å². The number of amides is 1. The number of rotatable bonds is 7. The Morgan fingerprint density at radius 3 is 2.68 bits per heavy atom. The summed E-state index contributed by atoms with van der Waals surface area (Å²) in [6.07, 6.45) is 1.86. The maximum absolute atomic E-state index is 11.8. The van der Waals surface area contributed by atoms with Gasteiger partial charge < -0.3 is 15.5 Å². The molecule has 28 heavy (non-hydrogen) atoms. The molecule has 9 nitrogen and oxygen atoms in total. The Kier molecular flexibility index (Phi) is 8.19. The molecule has 0 atom stereocenters. The molecule has 0 spiro atoms. The average Bonchev–Trinajstić information content (AvgIpc) is 2.68. The molecule has 0 aliphatic carbocycles. The fourth-order valence-electron chi connectivity index (χ4n) is 3.02. The summed E-state index contributed by atoms with van der Waals surface area (Å²) in [5, 5.41) is 17.6. The third kappa shape index (κ3) is 6.80. The first-order chi connectivity index (χ1) is 13.4. The number of likely N-dealkylation sites (N-methyl/N-ethyl adjacent to an activating group) is 1. The molecular formula is C19H30N6O3. The van der Waals surface area contributed by atoms with Gasteiger partial charge in [-0.1, -0.05) is 12.1 Å². The van der Waals surface area contributed by atoms with Crippen molar-refractivity contribution in [2.75, 3.05) is 40.3 Å². The van der Waals surface area contributed by atoms with E-state index in [2.05, 4.69) is 20.5 Å². The van der Waals surface area contributed by atoms with Crippen molar-refractivity contribution in [2.24, 2.45) is 4.99 Å². The van der Waals surface area contributed by atoms with Gasteiger partial charge in [0.2, 0.25) is 5.91 Å². The summed E-state index contributed by atoms with van der Waals surface area (Å²) < 4.78 is 0. The van der Waals surface area contributed by atoms with Gasteiger partial charge in [0.15, 0.2) is 5.96 Å². The molecule has 0 bridgehead atoms. The monoisotopic (exact) mass is 390 g/mol. The lowest BCUT2D eigenvalue weighted by Crippen LogP contribution is -2.50. The number of nitrogens with one attached hydrogen (secondary N) is 2. The lowest BCUT2D eigenvalue weighted by atomic mass is 10.1. The molecule has 0 radical (unpaired) electrons. The minimum Gasteiger partial charge on any atom is -0.357 e. The predicted octanol–water partition coefficient (Wildman–Crippen LogP) is 1.20. The molecule has 1 aliphatic rings. The number of nitrogens with zero attached hydrogens (tertiary/aromatic N) is 4. The van der Waals surface area contributed by atoms with Gasteiger partial charge in [0.25, 0.3) is 5.69 Å². The highest BCUT2D eigenvalue weighted by atomic mass is 16.6. The van der Waals surface area contributed by atoms with Gasteiger partial charge in [-0.2, -0.15) is 0 Å². The molecule has 2 rings (SSSR count). The number of non-ortho nitro benzene ring substituents is 1. The molecule has 0 unspecified atom stereocenters. The quantitative estimate of drug-likeness (QED) is 0.314. The molecule has 2 N–H and O–H groups in total. The first-order valence-corrected chi connectivity index (χ1v) is 9.59. The van der Waals surface area contributed by atoms with E-state index in [4.69, 9.17) is 0 Å². The minimum absolute atomic E-state index is 0.0744. The fourth-order valence-corrected chi connectivity index (χ4v) is 3.02. The molecule has 1 heterocycles. The zero-order valence-corrected chi connectivity index (χ0v) is 16.9. The van der Waals surface area contributed by atoms with Crippen molar-refractivity contribution >= 4 is 17.6 Å². The van der Waals surface area contributed by atoms with Crippen LogP contribution in [0.1, 0.15) is 25.3 Å². The van der Waals surface area contributed by atoms with Gasteiger partial charge in [0.05, 0.1) is 18.0 Å². The van der Waals surface area contributed by atoms with Crippen LogP contribution in [-0.2, 0) is 11.3 Å². The van der Waals surface area contributed by atoms with E-state index < -0.39 is 4.92 Å². The van der Waals surface area contributed by atoms with E-state index in [9.17, 15) is 14.9 Å². The number of aliphatic imine (C=N–C) groups is 1. The highest BCUT2D eigenvalue weighted by molar-refractivity contribution is 5.80. The molecule has 1 aliphatic heterocycles. The van der Waals surface area contributed by atoms with Crippen molar-refractivity contribution in [2.45, 2.75) is 32.4 Å². The van der Waals surface area contributed by atoms with Crippen molar-refractivity contribution < 1.29 is 9.72 Å². The van der Waals surface area contributed by atoms with Crippen molar-refractivity contribution in [3.05, 3.63) is 39.9 Å². The Morgan fingerprint density at radius 1 is 1.36 bits per heavy atom. The van der Waals surface area contributed by atoms with Crippen molar-refractivity contribution in [1.82, 2.24) is 20.4 Å². The van der Waals surface area contributed by atoms with Crippen LogP contribution in [0.4, 0.5) is 5.69 Å². The van der Waals surface area contributed by atoms with Crippen LogP contribution in [0.3, 0.4) is 0 Å². The third-order valence-electron chi connectivity index (χ3n) is 4.67. The van der Waals surface area contributed by atoms with Crippen molar-refractivity contribution in [3.63, 3.8) is 0 Å². The molecule has 1 saturated heterocycles. The molecule has 154 valence electrons. The SMILES string of the molecule is CCNC(=NCc1cccc([N+](=O)[O-])c1)NC1CCN(CC(=O)N(C)C)CC1. The number of nitro groups is 1. The average molecular weight is 390 g/mol. The van der Waals surface area contributed by atoms with E-state index in [0.717, 1.165) is 38.0 Å². The molecule has 1 aromatic rings. The van der Waals surface area contributed by atoms with Crippen LogP contribution < -0.4 is 10.6 Å². The van der Waals surface area contributed by atoms with E-state index in [1.54, 1.807) is 31.1 Å². The van der Waals surface area contributed by atoms with Gasteiger partial charge in [-0.25, -0.2) is 4.99 Å². The zero-order valence-electron chi connectivity index (χ0n) is 16.9. The smallest absolute Gasteiger partial charge is 0.269 e. The summed E-state index contributed by atoms with van der Waals surface area (Å²) in [5.41, 5.74) is 0.869. The fraction of sp³-hybridized carbons (Fsp3) is 0.579. The van der Waals surface area contributed by atoms with Crippen LogP contribution in [-0.4, -0.2) is 72.9 Å². The van der Waals surface area contributed by atoms with Crippen LogP contribution in [0.25, 0.3) is 0 Å². The van der Waals surface area contributed by atoms with E-state index in [-0.39, 0.29) is 17.6 Å². The summed E-state index contributed by atoms with van der Waals surface area (Å²) >= 11 is 0. The van der Waals surface area contributed by atoms with E-state index in [1.807, 2.05) is 13.0 Å². The van der Waals surface area contributed by atoms with Gasteiger partial charge in [0.1, 0.15) is 0 Å². The van der Waals surface area contributed by atoms with Gasteiger partial charge in [-0.3, -0.25) is 19.8 Å². The first-order valence-electron chi connectivity index (χ1n) is 9.59. The predicted molar refractivity (Wildman–Crippen MR) is 109 cm³/mol. The van der Waals surface area contributed by atoms with Crippen LogP contribution in [0.5, 0.6) is 0 Å². The van der Waals surface area contributed by atoms with Gasteiger partial charge >= 0.3 is 0 Å². The van der Waals surface area contributed by atoms with Crippen LogP contribution in [0.2, 0.25) is 0 Å². The topological polar surface area (TPSA) is 103 Å². The Bertz CT molecular complexity index is 699. The van der Waals surface area contributed by atoms with E-state index in [0.29, 0.717) is 19.0 Å². The zero-order chi connectivity index (χ0) is 20.5. The Morgan fingerprint density at radius 2 is 2.07 bits per heavy atom. The van der Waals surface area contributed by atoms with Crippen LogP contribution in [0.15, 0.2) is 29.3 Å². The number of likely N-dealkylation sites (tertiary alicyclic amines) is 1. The highest BCUT2D eigenvalue weighted by Gasteiger charge is 2.22. The Labute approximate surface area is 165 Å². The largest absolute Gasteiger partial charge is 0.357 e. The summed E-state index contributed by atoms with van der Waals surface area (Å²) in [6, 6.07) is 6.82. The first kappa shape index (κ1) is 21.6. The van der Waals surface area contributed by atoms with E-state index >= 15 is 0 Å². The number of benzene rings is 1. The number of hydrogen-bond donors (Lipinski definition) is 2. The Balaban J connectivity index is 1.89. The van der Waals surface area contributed by atoms with Crippen LogP contribution in [0, 0.1) is 10.1 Å². The molecular weight excluding hydrogens is 360 g/mol. The summed E-state index contributed by atoms with van der Waals surface area (Å²) in [4.78, 5) is 30.7. The number of hydrogen-bond acceptors (Lipinski definition) is 5. The number of piperidine rings is 1. The Hall–Kier alpha value is -2.68. The lowest BCUT2D eigenvalue weighted by Gasteiger charge is -2.33. The molecule has 1 fully saturated rings. The number of carbonyl (C=O) groups is 1. The van der Waals surface area contributed by atoms with Gasteiger partial charge in [-0.15, -0.1) is 0 Å². The molecule has 0 aromatic heterocycles. The maximum Gasteiger partial charge on any atom is 0.269 e. The second-order valence-corrected chi connectivity index (χ2v) is 7.11. The standard InChI is InChI=1S/C19H30N6O3/c1-4-20-19(21-13-15-6-5-7-17(12-15)25(27)28)22-16-8-10-24(11-9-16)14-18(26)23(2)3/h5-7,12,16H,4,8-11,13-14H2,1-3H3,(H2,20,21,22). The third-order valence-corrected chi connectivity index (χ3v) is 4.67. The maximum atomic E-state index is 11.8.